The number of aromatic carboxylic acids is 1. The van der Waals surface area contributed by atoms with Crippen LogP contribution in [0.15, 0.2) is 18.2 Å². The first-order valence-electron chi connectivity index (χ1n) is 6.89. The molecular formula is C15H19NO3. The van der Waals surface area contributed by atoms with Crippen LogP contribution in [0.4, 0.5) is 5.69 Å². The molecule has 19 heavy (non-hydrogen) atoms. The van der Waals surface area contributed by atoms with E-state index in [4.69, 9.17) is 15.6 Å². The summed E-state index contributed by atoms with van der Waals surface area (Å²) in [6, 6.07) is 4.62. The van der Waals surface area contributed by atoms with Gasteiger partial charge < -0.3 is 15.6 Å². The van der Waals surface area contributed by atoms with Crippen LogP contribution in [0, 0.1) is 17.8 Å². The molecule has 2 fully saturated rings. The van der Waals surface area contributed by atoms with E-state index >= 15 is 0 Å². The van der Waals surface area contributed by atoms with Crippen LogP contribution in [-0.2, 0) is 0 Å². The average Bonchev–Trinajstić information content (AvgIpc) is 2.99. The number of benzene rings is 1. The Hall–Kier alpha value is -1.71. The molecule has 2 aliphatic rings. The van der Waals surface area contributed by atoms with Gasteiger partial charge in [0, 0.05) is 0 Å². The fourth-order valence-corrected chi connectivity index (χ4v) is 3.57. The number of carbonyl (C=O) groups is 1. The van der Waals surface area contributed by atoms with Crippen LogP contribution in [0.3, 0.4) is 0 Å². The van der Waals surface area contributed by atoms with Gasteiger partial charge in [0.2, 0.25) is 0 Å². The summed E-state index contributed by atoms with van der Waals surface area (Å²) in [5.74, 6) is 1.86. The lowest BCUT2D eigenvalue weighted by atomic mass is 9.89. The normalized spacial score (nSPS) is 28.5. The van der Waals surface area contributed by atoms with Gasteiger partial charge in [-0.3, -0.25) is 0 Å². The number of hydrogen-bond donors (Lipinski definition) is 2. The van der Waals surface area contributed by atoms with Crippen molar-refractivity contribution in [3.63, 3.8) is 0 Å². The molecule has 2 aliphatic carbocycles. The molecule has 3 atom stereocenters. The van der Waals surface area contributed by atoms with Crippen LogP contribution in [0.1, 0.15) is 36.0 Å². The first-order chi connectivity index (χ1) is 9.13. The quantitative estimate of drug-likeness (QED) is 0.817. The van der Waals surface area contributed by atoms with Gasteiger partial charge in [0.25, 0.3) is 0 Å². The molecule has 3 rings (SSSR count). The maximum atomic E-state index is 10.9. The summed E-state index contributed by atoms with van der Waals surface area (Å²) < 4.78 is 5.78. The molecule has 0 aliphatic heterocycles. The van der Waals surface area contributed by atoms with Crippen molar-refractivity contribution in [3.05, 3.63) is 23.8 Å². The maximum absolute atomic E-state index is 10.9. The van der Waals surface area contributed by atoms with Gasteiger partial charge >= 0.3 is 5.97 Å². The zero-order valence-corrected chi connectivity index (χ0v) is 10.8. The van der Waals surface area contributed by atoms with E-state index < -0.39 is 5.97 Å². The fourth-order valence-electron chi connectivity index (χ4n) is 3.57. The van der Waals surface area contributed by atoms with Crippen LogP contribution >= 0.6 is 0 Å². The Morgan fingerprint density at radius 3 is 2.84 bits per heavy atom. The Bertz CT molecular complexity index is 500. The molecule has 4 heteroatoms. The molecule has 0 saturated heterocycles. The van der Waals surface area contributed by atoms with Crippen molar-refractivity contribution in [1.82, 2.24) is 0 Å². The third kappa shape index (κ3) is 2.39. The van der Waals surface area contributed by atoms with Crippen LogP contribution in [0.5, 0.6) is 5.75 Å². The third-order valence-corrected chi connectivity index (χ3v) is 4.60. The summed E-state index contributed by atoms with van der Waals surface area (Å²) in [5, 5.41) is 8.97. The molecule has 2 saturated carbocycles. The third-order valence-electron chi connectivity index (χ3n) is 4.60. The van der Waals surface area contributed by atoms with Crippen molar-refractivity contribution in [1.29, 1.82) is 0 Å². The Kier molecular flexibility index (Phi) is 3.09. The van der Waals surface area contributed by atoms with Gasteiger partial charge in [0.05, 0.1) is 17.9 Å². The van der Waals surface area contributed by atoms with Crippen molar-refractivity contribution in [2.24, 2.45) is 17.8 Å². The second kappa shape index (κ2) is 4.76. The number of nitrogen functional groups attached to an aromatic ring is 1. The van der Waals surface area contributed by atoms with Gasteiger partial charge in [-0.25, -0.2) is 4.79 Å². The highest BCUT2D eigenvalue weighted by molar-refractivity contribution is 5.89. The van der Waals surface area contributed by atoms with Gasteiger partial charge in [0.15, 0.2) is 0 Å². The molecule has 1 aromatic carbocycles. The predicted molar refractivity (Wildman–Crippen MR) is 72.2 cm³/mol. The zero-order chi connectivity index (χ0) is 13.4. The first-order valence-corrected chi connectivity index (χ1v) is 6.89. The van der Waals surface area contributed by atoms with E-state index in [1.807, 2.05) is 0 Å². The molecular weight excluding hydrogens is 242 g/mol. The number of carboxylic acids is 1. The van der Waals surface area contributed by atoms with Gasteiger partial charge in [-0.1, -0.05) is 6.42 Å². The minimum absolute atomic E-state index is 0.220. The van der Waals surface area contributed by atoms with Crippen molar-refractivity contribution in [2.45, 2.75) is 25.7 Å². The topological polar surface area (TPSA) is 72.6 Å². The first kappa shape index (κ1) is 12.3. The summed E-state index contributed by atoms with van der Waals surface area (Å²) in [6.45, 7) is 0.661. The van der Waals surface area contributed by atoms with Gasteiger partial charge in [0.1, 0.15) is 5.75 Å². The van der Waals surface area contributed by atoms with E-state index in [-0.39, 0.29) is 5.56 Å². The lowest BCUT2D eigenvalue weighted by Crippen LogP contribution is -2.19. The lowest BCUT2D eigenvalue weighted by Gasteiger charge is -2.22. The Labute approximate surface area is 112 Å². The van der Waals surface area contributed by atoms with E-state index in [1.165, 1.54) is 37.8 Å². The SMILES string of the molecule is Nc1ccc(C(=O)O)cc1OCC1CC2CCC1C2. The second-order valence-electron chi connectivity index (χ2n) is 5.80. The van der Waals surface area contributed by atoms with Crippen molar-refractivity contribution < 1.29 is 14.6 Å². The fraction of sp³-hybridized carbons (Fsp3) is 0.533. The number of rotatable bonds is 4. The molecule has 3 N–H and O–H groups in total. The standard InChI is InChI=1S/C15H19NO3/c16-13-4-3-11(15(17)18)7-14(13)19-8-12-6-9-1-2-10(12)5-9/h3-4,7,9-10,12H,1-2,5-6,8,16H2,(H,17,18). The molecule has 0 amide bonds. The Morgan fingerprint density at radius 1 is 1.37 bits per heavy atom. The molecule has 2 bridgehead atoms. The van der Waals surface area contributed by atoms with E-state index in [9.17, 15) is 4.79 Å². The van der Waals surface area contributed by atoms with Crippen molar-refractivity contribution >= 4 is 11.7 Å². The van der Waals surface area contributed by atoms with Crippen LogP contribution in [0.25, 0.3) is 0 Å². The molecule has 1 aromatic rings. The van der Waals surface area contributed by atoms with E-state index in [2.05, 4.69) is 0 Å². The number of fused-ring (bicyclic) bond motifs is 2. The van der Waals surface area contributed by atoms with E-state index in [0.717, 1.165) is 11.8 Å². The highest BCUT2D eigenvalue weighted by Crippen LogP contribution is 2.48. The van der Waals surface area contributed by atoms with Gasteiger partial charge in [-0.15, -0.1) is 0 Å². The highest BCUT2D eigenvalue weighted by Gasteiger charge is 2.39. The molecule has 102 valence electrons. The smallest absolute Gasteiger partial charge is 0.335 e. The summed E-state index contributed by atoms with van der Waals surface area (Å²) >= 11 is 0. The van der Waals surface area contributed by atoms with Crippen LogP contribution in [-0.4, -0.2) is 17.7 Å². The number of hydrogen-bond acceptors (Lipinski definition) is 3. The summed E-state index contributed by atoms with van der Waals surface area (Å²) in [4.78, 5) is 10.9. The minimum atomic E-state index is -0.954. The van der Waals surface area contributed by atoms with E-state index in [1.54, 1.807) is 6.07 Å². The molecule has 0 aromatic heterocycles. The van der Waals surface area contributed by atoms with Crippen molar-refractivity contribution in [3.8, 4) is 5.75 Å². The predicted octanol–water partition coefficient (Wildman–Crippen LogP) is 2.78. The molecule has 4 nitrogen and oxygen atoms in total. The zero-order valence-electron chi connectivity index (χ0n) is 10.8. The minimum Gasteiger partial charge on any atom is -0.491 e. The largest absolute Gasteiger partial charge is 0.491 e. The molecule has 3 unspecified atom stereocenters. The number of carboxylic acid groups (broad SMARTS) is 1. The summed E-state index contributed by atoms with van der Waals surface area (Å²) in [5.41, 5.74) is 6.56. The summed E-state index contributed by atoms with van der Waals surface area (Å²) in [7, 11) is 0. The Morgan fingerprint density at radius 2 is 2.21 bits per heavy atom. The van der Waals surface area contributed by atoms with Crippen molar-refractivity contribution in [2.75, 3.05) is 12.3 Å². The monoisotopic (exact) mass is 261 g/mol. The van der Waals surface area contributed by atoms with Gasteiger partial charge in [-0.2, -0.15) is 0 Å². The lowest BCUT2D eigenvalue weighted by molar-refractivity contribution is 0.0696. The molecule has 0 radical (unpaired) electrons. The van der Waals surface area contributed by atoms with Crippen LogP contribution in [0.2, 0.25) is 0 Å². The second-order valence-corrected chi connectivity index (χ2v) is 5.80. The number of ether oxygens (including phenoxy) is 1. The van der Waals surface area contributed by atoms with Crippen LogP contribution < -0.4 is 10.5 Å². The Balaban J connectivity index is 1.66. The highest BCUT2D eigenvalue weighted by atomic mass is 16.5. The molecule has 0 spiro atoms. The number of anilines is 1. The summed E-state index contributed by atoms with van der Waals surface area (Å²) in [6.07, 6.45) is 5.29. The van der Waals surface area contributed by atoms with Gasteiger partial charge in [-0.05, 0) is 55.2 Å². The van der Waals surface area contributed by atoms with E-state index in [0.29, 0.717) is 24.0 Å². The number of nitrogens with two attached hydrogens (primary N) is 1. The molecule has 0 heterocycles. The maximum Gasteiger partial charge on any atom is 0.335 e. The average molecular weight is 261 g/mol.